The lowest BCUT2D eigenvalue weighted by atomic mass is 10.2. The topological polar surface area (TPSA) is 32.3 Å². The number of rotatable bonds is 2. The molecule has 96 valence electrons. The standard InChI is InChI=1S/C8H12F4N2O.ClH/c9-6(10)8(11,12)7(15)14-4-1-2-13-3-5-14;/h6,13H,1-5H2;1H. The lowest BCUT2D eigenvalue weighted by Gasteiger charge is -2.24. The Morgan fingerprint density at radius 3 is 2.44 bits per heavy atom. The van der Waals surface area contributed by atoms with Crippen LogP contribution in [0.5, 0.6) is 0 Å². The molecule has 0 atom stereocenters. The molecule has 0 bridgehead atoms. The van der Waals surface area contributed by atoms with Crippen LogP contribution < -0.4 is 5.32 Å². The number of nitrogens with one attached hydrogen (secondary N) is 1. The number of amides is 1. The molecule has 3 nitrogen and oxygen atoms in total. The molecule has 1 N–H and O–H groups in total. The molecule has 1 fully saturated rings. The van der Waals surface area contributed by atoms with Gasteiger partial charge < -0.3 is 10.2 Å². The van der Waals surface area contributed by atoms with Gasteiger partial charge >= 0.3 is 12.3 Å². The van der Waals surface area contributed by atoms with E-state index in [0.717, 1.165) is 4.90 Å². The molecular weight excluding hydrogens is 252 g/mol. The average Bonchev–Trinajstić information content (AvgIpc) is 2.44. The van der Waals surface area contributed by atoms with Crippen LogP contribution in [-0.2, 0) is 4.79 Å². The van der Waals surface area contributed by atoms with Crippen molar-refractivity contribution in [3.05, 3.63) is 0 Å². The summed E-state index contributed by atoms with van der Waals surface area (Å²) in [6.45, 7) is 1.09. The maximum absolute atomic E-state index is 12.7. The molecule has 0 aromatic carbocycles. The summed E-state index contributed by atoms with van der Waals surface area (Å²) in [6.07, 6.45) is -3.45. The van der Waals surface area contributed by atoms with Crippen molar-refractivity contribution in [2.75, 3.05) is 26.2 Å². The van der Waals surface area contributed by atoms with Crippen LogP contribution in [0.1, 0.15) is 6.42 Å². The number of alkyl halides is 4. The lowest BCUT2D eigenvalue weighted by Crippen LogP contribution is -2.48. The number of hydrogen-bond acceptors (Lipinski definition) is 2. The largest absolute Gasteiger partial charge is 0.383 e. The first-order valence-corrected chi connectivity index (χ1v) is 4.62. The second-order valence-corrected chi connectivity index (χ2v) is 3.32. The molecule has 1 heterocycles. The van der Waals surface area contributed by atoms with Crippen LogP contribution in [0.2, 0.25) is 0 Å². The molecule has 1 aliphatic rings. The third-order valence-corrected chi connectivity index (χ3v) is 2.19. The van der Waals surface area contributed by atoms with Crippen LogP contribution in [-0.4, -0.2) is 49.3 Å². The number of carbonyl (C=O) groups excluding carboxylic acids is 1. The molecule has 16 heavy (non-hydrogen) atoms. The minimum Gasteiger partial charge on any atom is -0.336 e. The van der Waals surface area contributed by atoms with Crippen molar-refractivity contribution in [2.24, 2.45) is 0 Å². The Morgan fingerprint density at radius 1 is 1.25 bits per heavy atom. The van der Waals surface area contributed by atoms with Crippen molar-refractivity contribution in [3.8, 4) is 0 Å². The fourth-order valence-corrected chi connectivity index (χ4v) is 1.35. The van der Waals surface area contributed by atoms with Gasteiger partial charge in [0, 0.05) is 19.6 Å². The Morgan fingerprint density at radius 2 is 1.88 bits per heavy atom. The zero-order valence-electron chi connectivity index (χ0n) is 8.39. The predicted octanol–water partition coefficient (Wildman–Crippen LogP) is 1.13. The molecule has 1 amide bonds. The fourth-order valence-electron chi connectivity index (χ4n) is 1.35. The van der Waals surface area contributed by atoms with E-state index in [4.69, 9.17) is 0 Å². The first-order chi connectivity index (χ1) is 6.96. The van der Waals surface area contributed by atoms with Crippen molar-refractivity contribution in [3.63, 3.8) is 0 Å². The highest BCUT2D eigenvalue weighted by Crippen LogP contribution is 2.25. The minimum absolute atomic E-state index is 0. The van der Waals surface area contributed by atoms with Crippen molar-refractivity contribution in [1.29, 1.82) is 0 Å². The minimum atomic E-state index is -4.57. The maximum atomic E-state index is 12.7. The highest BCUT2D eigenvalue weighted by Gasteiger charge is 2.51. The second-order valence-electron chi connectivity index (χ2n) is 3.32. The number of nitrogens with zero attached hydrogens (tertiary/aromatic N) is 1. The Balaban J connectivity index is 0.00000225. The quantitative estimate of drug-likeness (QED) is 0.759. The van der Waals surface area contributed by atoms with Gasteiger partial charge in [-0.1, -0.05) is 0 Å². The van der Waals surface area contributed by atoms with Crippen LogP contribution in [0.25, 0.3) is 0 Å². The monoisotopic (exact) mass is 264 g/mol. The van der Waals surface area contributed by atoms with Gasteiger partial charge in [0.2, 0.25) is 0 Å². The second kappa shape index (κ2) is 6.24. The fraction of sp³-hybridized carbons (Fsp3) is 0.875. The normalized spacial score (nSPS) is 17.9. The van der Waals surface area contributed by atoms with Crippen molar-refractivity contribution in [1.82, 2.24) is 10.2 Å². The van der Waals surface area contributed by atoms with E-state index in [-0.39, 0.29) is 25.5 Å². The summed E-state index contributed by atoms with van der Waals surface area (Å²) in [5.74, 6) is -6.34. The maximum Gasteiger partial charge on any atom is 0.383 e. The summed E-state index contributed by atoms with van der Waals surface area (Å²) in [4.78, 5) is 11.9. The van der Waals surface area contributed by atoms with E-state index < -0.39 is 18.3 Å². The Bertz CT molecular complexity index is 232. The molecule has 0 unspecified atom stereocenters. The number of carbonyl (C=O) groups is 1. The van der Waals surface area contributed by atoms with Gasteiger partial charge in [-0.15, -0.1) is 12.4 Å². The first-order valence-electron chi connectivity index (χ1n) is 4.62. The van der Waals surface area contributed by atoms with E-state index >= 15 is 0 Å². The summed E-state index contributed by atoms with van der Waals surface area (Å²) < 4.78 is 49.2. The predicted molar refractivity (Wildman–Crippen MR) is 52.3 cm³/mol. The molecule has 1 rings (SSSR count). The number of hydrogen-bond donors (Lipinski definition) is 1. The van der Waals surface area contributed by atoms with Crippen LogP contribution in [0.15, 0.2) is 0 Å². The van der Waals surface area contributed by atoms with E-state index in [1.807, 2.05) is 0 Å². The van der Waals surface area contributed by atoms with Gasteiger partial charge in [-0.2, -0.15) is 8.78 Å². The highest BCUT2D eigenvalue weighted by atomic mass is 35.5. The van der Waals surface area contributed by atoms with Crippen LogP contribution in [0.3, 0.4) is 0 Å². The van der Waals surface area contributed by atoms with Crippen molar-refractivity contribution < 1.29 is 22.4 Å². The summed E-state index contributed by atoms with van der Waals surface area (Å²) in [6, 6.07) is 0. The molecule has 0 aliphatic carbocycles. The Hall–Kier alpha value is -0.560. The van der Waals surface area contributed by atoms with E-state index in [2.05, 4.69) is 5.32 Å². The molecular formula is C8H13ClF4N2O. The van der Waals surface area contributed by atoms with Crippen LogP contribution >= 0.6 is 12.4 Å². The smallest absolute Gasteiger partial charge is 0.336 e. The van der Waals surface area contributed by atoms with E-state index in [9.17, 15) is 22.4 Å². The summed E-state index contributed by atoms with van der Waals surface area (Å²) in [7, 11) is 0. The summed E-state index contributed by atoms with van der Waals surface area (Å²) in [5.41, 5.74) is 0. The van der Waals surface area contributed by atoms with Gasteiger partial charge in [-0.05, 0) is 13.0 Å². The van der Waals surface area contributed by atoms with Gasteiger partial charge in [-0.25, -0.2) is 8.78 Å². The molecule has 1 aliphatic heterocycles. The van der Waals surface area contributed by atoms with Crippen LogP contribution in [0, 0.1) is 0 Å². The van der Waals surface area contributed by atoms with Crippen molar-refractivity contribution >= 4 is 18.3 Å². The van der Waals surface area contributed by atoms with E-state index in [1.54, 1.807) is 0 Å². The third kappa shape index (κ3) is 3.48. The summed E-state index contributed by atoms with van der Waals surface area (Å²) >= 11 is 0. The zero-order valence-corrected chi connectivity index (χ0v) is 9.20. The molecule has 0 radical (unpaired) electrons. The van der Waals surface area contributed by atoms with Crippen molar-refractivity contribution in [2.45, 2.75) is 18.8 Å². The SMILES string of the molecule is Cl.O=C(N1CCCNCC1)C(F)(F)C(F)F. The number of halogens is 5. The van der Waals surface area contributed by atoms with E-state index in [1.165, 1.54) is 0 Å². The first kappa shape index (κ1) is 15.4. The lowest BCUT2D eigenvalue weighted by molar-refractivity contribution is -0.180. The third-order valence-electron chi connectivity index (χ3n) is 2.19. The highest BCUT2D eigenvalue weighted by molar-refractivity contribution is 5.85. The van der Waals surface area contributed by atoms with E-state index in [0.29, 0.717) is 19.5 Å². The van der Waals surface area contributed by atoms with Gasteiger partial charge in [0.15, 0.2) is 0 Å². The molecule has 8 heteroatoms. The molecule has 1 saturated heterocycles. The molecule has 0 spiro atoms. The zero-order chi connectivity index (χ0) is 11.5. The van der Waals surface area contributed by atoms with Gasteiger partial charge in [0.25, 0.3) is 5.91 Å². The Kier molecular flexibility index (Phi) is 6.02. The summed E-state index contributed by atoms with van der Waals surface area (Å²) in [5, 5.41) is 2.89. The van der Waals surface area contributed by atoms with Gasteiger partial charge in [0.05, 0.1) is 0 Å². The molecule has 0 aromatic heterocycles. The molecule has 0 saturated carbocycles. The van der Waals surface area contributed by atoms with Gasteiger partial charge in [-0.3, -0.25) is 4.79 Å². The molecule has 0 aromatic rings. The average molecular weight is 265 g/mol. The Labute approximate surface area is 96.6 Å². The van der Waals surface area contributed by atoms with Gasteiger partial charge in [0.1, 0.15) is 0 Å². The van der Waals surface area contributed by atoms with Crippen LogP contribution in [0.4, 0.5) is 17.6 Å².